The lowest BCUT2D eigenvalue weighted by Gasteiger charge is -2.46. The normalized spacial score (nSPS) is 23.5. The Labute approximate surface area is 173 Å². The van der Waals surface area contributed by atoms with Gasteiger partial charge in [-0.1, -0.05) is 6.07 Å². The van der Waals surface area contributed by atoms with Crippen LogP contribution >= 0.6 is 0 Å². The van der Waals surface area contributed by atoms with Gasteiger partial charge in [0.1, 0.15) is 5.82 Å². The summed E-state index contributed by atoms with van der Waals surface area (Å²) in [6.45, 7) is 1.88. The fraction of sp³-hybridized carbons (Fsp3) is 0.364. The van der Waals surface area contributed by atoms with Crippen molar-refractivity contribution in [1.29, 1.82) is 0 Å². The van der Waals surface area contributed by atoms with Crippen molar-refractivity contribution in [1.82, 2.24) is 9.80 Å². The Bertz CT molecular complexity index is 1030. The van der Waals surface area contributed by atoms with Crippen molar-refractivity contribution in [3.8, 4) is 11.5 Å². The first-order chi connectivity index (χ1) is 14.4. The quantitative estimate of drug-likeness (QED) is 0.758. The van der Waals surface area contributed by atoms with E-state index >= 15 is 0 Å². The largest absolute Gasteiger partial charge is 0.454 e. The van der Waals surface area contributed by atoms with Gasteiger partial charge < -0.3 is 19.3 Å². The molecular formula is C22H22FN3O4. The fourth-order valence-corrected chi connectivity index (χ4v) is 4.52. The molecule has 3 heterocycles. The molecular weight excluding hydrogens is 389 g/mol. The van der Waals surface area contributed by atoms with Crippen LogP contribution < -0.4 is 14.4 Å². The number of hydrogen-bond acceptors (Lipinski definition) is 5. The molecule has 30 heavy (non-hydrogen) atoms. The number of likely N-dealkylation sites (N-methyl/N-ethyl adjacent to an activating group) is 1. The van der Waals surface area contributed by atoms with Crippen LogP contribution in [0.3, 0.4) is 0 Å². The van der Waals surface area contributed by atoms with Gasteiger partial charge in [-0.2, -0.15) is 0 Å². The number of rotatable bonds is 2. The van der Waals surface area contributed by atoms with Gasteiger partial charge in [-0.15, -0.1) is 0 Å². The van der Waals surface area contributed by atoms with Crippen LogP contribution in [0.5, 0.6) is 11.5 Å². The molecule has 1 spiro atoms. The molecule has 0 N–H and O–H groups in total. The zero-order valence-corrected chi connectivity index (χ0v) is 16.6. The molecule has 5 rings (SSSR count). The van der Waals surface area contributed by atoms with E-state index in [1.165, 1.54) is 12.1 Å². The van der Waals surface area contributed by atoms with E-state index in [9.17, 15) is 14.0 Å². The highest BCUT2D eigenvalue weighted by Gasteiger charge is 2.48. The average molecular weight is 411 g/mol. The molecule has 2 amide bonds. The molecule has 0 aliphatic carbocycles. The summed E-state index contributed by atoms with van der Waals surface area (Å²) in [5.41, 5.74) is 0.729. The van der Waals surface area contributed by atoms with E-state index in [2.05, 4.69) is 0 Å². The molecule has 0 radical (unpaired) electrons. The smallest absolute Gasteiger partial charge is 0.254 e. The van der Waals surface area contributed by atoms with Gasteiger partial charge >= 0.3 is 0 Å². The number of ether oxygens (including phenoxy) is 2. The maximum Gasteiger partial charge on any atom is 0.254 e. The van der Waals surface area contributed by atoms with Crippen LogP contribution in [0, 0.1) is 5.82 Å². The monoisotopic (exact) mass is 411 g/mol. The summed E-state index contributed by atoms with van der Waals surface area (Å²) in [7, 11) is 1.91. The van der Waals surface area contributed by atoms with Crippen LogP contribution in [0.1, 0.15) is 16.8 Å². The predicted octanol–water partition coefficient (Wildman–Crippen LogP) is 2.12. The molecule has 2 aromatic rings. The van der Waals surface area contributed by atoms with Crippen LogP contribution in [-0.2, 0) is 4.79 Å². The Morgan fingerprint density at radius 2 is 1.93 bits per heavy atom. The number of carbonyl (C=O) groups is 2. The van der Waals surface area contributed by atoms with E-state index in [4.69, 9.17) is 9.47 Å². The number of anilines is 1. The lowest BCUT2D eigenvalue weighted by molar-refractivity contribution is -0.123. The van der Waals surface area contributed by atoms with Crippen LogP contribution in [0.15, 0.2) is 42.5 Å². The number of amides is 2. The molecule has 0 bridgehead atoms. The summed E-state index contributed by atoms with van der Waals surface area (Å²) >= 11 is 0. The first-order valence-electron chi connectivity index (χ1n) is 9.91. The van der Waals surface area contributed by atoms with E-state index in [0.717, 1.165) is 6.42 Å². The molecule has 3 aliphatic heterocycles. The molecule has 2 aromatic carbocycles. The van der Waals surface area contributed by atoms with E-state index in [1.54, 1.807) is 35.2 Å². The molecule has 2 saturated heterocycles. The first kappa shape index (κ1) is 18.9. The molecule has 0 aromatic heterocycles. The summed E-state index contributed by atoms with van der Waals surface area (Å²) in [5, 5.41) is 0. The number of halogens is 1. The zero-order valence-electron chi connectivity index (χ0n) is 16.6. The molecule has 7 nitrogen and oxygen atoms in total. The van der Waals surface area contributed by atoms with Crippen LogP contribution in [0.2, 0.25) is 0 Å². The summed E-state index contributed by atoms with van der Waals surface area (Å²) in [5.74, 6) is 0.689. The third-order valence-corrected chi connectivity index (χ3v) is 6.29. The second-order valence-electron chi connectivity index (χ2n) is 8.08. The Hall–Kier alpha value is -3.13. The Morgan fingerprint density at radius 3 is 2.77 bits per heavy atom. The molecule has 0 unspecified atom stereocenters. The number of fused-ring (bicyclic) bond motifs is 1. The summed E-state index contributed by atoms with van der Waals surface area (Å²) < 4.78 is 24.4. The van der Waals surface area contributed by atoms with Crippen LogP contribution in [0.4, 0.5) is 10.1 Å². The lowest BCUT2D eigenvalue weighted by atomic mass is 9.92. The SMILES string of the molecule is CN1CC(=O)N(c2cccc(F)c2)C[C@]12CCN(C(=O)c1ccc3c(c1)OCO3)C2. The van der Waals surface area contributed by atoms with Gasteiger partial charge in [-0.05, 0) is 49.9 Å². The van der Waals surface area contributed by atoms with E-state index in [1.807, 2.05) is 16.8 Å². The predicted molar refractivity (Wildman–Crippen MR) is 107 cm³/mol. The highest BCUT2D eigenvalue weighted by Crippen LogP contribution is 2.36. The van der Waals surface area contributed by atoms with Crippen molar-refractivity contribution in [3.63, 3.8) is 0 Å². The minimum absolute atomic E-state index is 0.0747. The number of hydrogen-bond donors (Lipinski definition) is 0. The van der Waals surface area contributed by atoms with Gasteiger partial charge in [0.05, 0.1) is 12.1 Å². The number of nitrogens with zero attached hydrogens (tertiary/aromatic N) is 3. The van der Waals surface area contributed by atoms with E-state index in [0.29, 0.717) is 42.4 Å². The average Bonchev–Trinajstić information content (AvgIpc) is 3.38. The molecule has 156 valence electrons. The maximum absolute atomic E-state index is 13.7. The third-order valence-electron chi connectivity index (χ3n) is 6.29. The summed E-state index contributed by atoms with van der Waals surface area (Å²) in [6.07, 6.45) is 0.735. The van der Waals surface area contributed by atoms with Crippen molar-refractivity contribution in [2.75, 3.05) is 44.9 Å². The number of likely N-dealkylation sites (tertiary alicyclic amines) is 1. The van der Waals surface area contributed by atoms with Crippen molar-refractivity contribution in [2.45, 2.75) is 12.0 Å². The first-order valence-corrected chi connectivity index (χ1v) is 9.91. The zero-order chi connectivity index (χ0) is 20.9. The van der Waals surface area contributed by atoms with Gasteiger partial charge in [-0.3, -0.25) is 14.5 Å². The molecule has 3 aliphatic rings. The van der Waals surface area contributed by atoms with E-state index < -0.39 is 0 Å². The standard InChI is InChI=1S/C22H22FN3O4/c1-24-11-20(27)26(17-4-2-3-16(23)10-17)13-22(24)7-8-25(12-22)21(28)15-5-6-18-19(9-15)30-14-29-18/h2-6,9-10H,7-8,11-14H2,1H3/t22-/m1/s1. The molecule has 1 atom stereocenters. The van der Waals surface area contributed by atoms with Gasteiger partial charge in [0.15, 0.2) is 11.5 Å². The second-order valence-corrected chi connectivity index (χ2v) is 8.08. The van der Waals surface area contributed by atoms with Crippen molar-refractivity contribution < 1.29 is 23.5 Å². The lowest BCUT2D eigenvalue weighted by Crippen LogP contribution is -2.64. The Kier molecular flexibility index (Phi) is 4.39. The molecule has 2 fully saturated rings. The molecule has 0 saturated carbocycles. The van der Waals surface area contributed by atoms with Crippen molar-refractivity contribution >= 4 is 17.5 Å². The number of piperazine rings is 1. The number of benzene rings is 2. The minimum Gasteiger partial charge on any atom is -0.454 e. The van der Waals surface area contributed by atoms with Crippen LogP contribution in [-0.4, -0.2) is 67.2 Å². The number of carbonyl (C=O) groups excluding carboxylic acids is 2. The topological polar surface area (TPSA) is 62.3 Å². The van der Waals surface area contributed by atoms with Gasteiger partial charge in [0, 0.05) is 30.9 Å². The van der Waals surface area contributed by atoms with E-state index in [-0.39, 0.29) is 36.5 Å². The van der Waals surface area contributed by atoms with Gasteiger partial charge in [-0.25, -0.2) is 4.39 Å². The minimum atomic E-state index is -0.376. The Morgan fingerprint density at radius 1 is 1.10 bits per heavy atom. The summed E-state index contributed by atoms with van der Waals surface area (Å²) in [6, 6.07) is 11.3. The second kappa shape index (κ2) is 6.98. The maximum atomic E-state index is 13.7. The van der Waals surface area contributed by atoms with Crippen molar-refractivity contribution in [3.05, 3.63) is 53.8 Å². The fourth-order valence-electron chi connectivity index (χ4n) is 4.52. The Balaban J connectivity index is 1.37. The van der Waals surface area contributed by atoms with Crippen molar-refractivity contribution in [2.24, 2.45) is 0 Å². The third kappa shape index (κ3) is 3.08. The van der Waals surface area contributed by atoms with Gasteiger partial charge in [0.25, 0.3) is 5.91 Å². The molecule has 8 heteroatoms. The summed E-state index contributed by atoms with van der Waals surface area (Å²) in [4.78, 5) is 31.3. The highest BCUT2D eigenvalue weighted by atomic mass is 19.1. The highest BCUT2D eigenvalue weighted by molar-refractivity contribution is 5.97. The van der Waals surface area contributed by atoms with Crippen LogP contribution in [0.25, 0.3) is 0 Å². The van der Waals surface area contributed by atoms with Gasteiger partial charge in [0.2, 0.25) is 12.7 Å².